The van der Waals surface area contributed by atoms with Crippen molar-refractivity contribution in [2.45, 2.75) is 103 Å². The van der Waals surface area contributed by atoms with E-state index in [2.05, 4.69) is 91.5 Å². The highest BCUT2D eigenvalue weighted by atomic mass is 35.5. The van der Waals surface area contributed by atoms with Gasteiger partial charge in [-0.25, -0.2) is 9.59 Å². The van der Waals surface area contributed by atoms with Gasteiger partial charge in [0.1, 0.15) is 15.6 Å². The molecule has 8 heterocycles. The molecule has 0 bridgehead atoms. The Morgan fingerprint density at radius 3 is 1.58 bits per heavy atom. The molecule has 14 nitrogen and oxygen atoms in total. The molecule has 1 N–H and O–H groups in total. The molecule has 18 heteroatoms. The highest BCUT2D eigenvalue weighted by molar-refractivity contribution is 7.21. The van der Waals surface area contributed by atoms with Crippen LogP contribution in [0.2, 0.25) is 0 Å². The lowest BCUT2D eigenvalue weighted by Gasteiger charge is -2.35. The zero-order valence-corrected chi connectivity index (χ0v) is 49.2. The Kier molecular flexibility index (Phi) is 19.5. The lowest BCUT2D eigenvalue weighted by Crippen LogP contribution is -2.51. The van der Waals surface area contributed by atoms with Crippen molar-refractivity contribution in [2.24, 2.45) is 0 Å². The van der Waals surface area contributed by atoms with E-state index in [9.17, 15) is 19.2 Å². The number of para-hydroxylation sites is 2. The first-order valence-electron chi connectivity index (χ1n) is 28.4. The third kappa shape index (κ3) is 12.0. The van der Waals surface area contributed by atoms with Crippen LogP contribution in [0.15, 0.2) is 60.7 Å². The fraction of sp³-hybridized carbons (Fsp3) is 0.533. The molecule has 6 aromatic rings. The van der Waals surface area contributed by atoms with Crippen molar-refractivity contribution in [1.82, 2.24) is 28.7 Å². The van der Waals surface area contributed by atoms with E-state index in [1.165, 1.54) is 133 Å². The van der Waals surface area contributed by atoms with Gasteiger partial charge in [-0.1, -0.05) is 88.8 Å². The number of ether oxygens (including phenoxy) is 2. The normalized spacial score (nSPS) is 18.1. The monoisotopic (exact) mass is 1140 g/mol. The highest BCUT2D eigenvalue weighted by Crippen LogP contribution is 2.51. The summed E-state index contributed by atoms with van der Waals surface area (Å²) in [7, 11) is 2.91. The number of thiophene rings is 2. The maximum Gasteiger partial charge on any atom is 0.348 e. The van der Waals surface area contributed by atoms with Crippen molar-refractivity contribution in [3.8, 4) is 22.5 Å². The number of amides is 2. The van der Waals surface area contributed by atoms with Crippen molar-refractivity contribution in [1.29, 1.82) is 0 Å². The number of methoxy groups -OCH3 is 2. The van der Waals surface area contributed by atoms with Crippen LogP contribution in [-0.2, 0) is 32.2 Å². The first kappa shape index (κ1) is 57.6. The van der Waals surface area contributed by atoms with E-state index in [1.54, 1.807) is 22.7 Å². The summed E-state index contributed by atoms with van der Waals surface area (Å²) >= 11 is 8.64. The van der Waals surface area contributed by atoms with Gasteiger partial charge in [0.15, 0.2) is 0 Å². The molecule has 0 radical (unpaired) electrons. The van der Waals surface area contributed by atoms with Gasteiger partial charge in [-0.2, -0.15) is 0 Å². The Morgan fingerprint density at radius 2 is 1.06 bits per heavy atom. The second-order valence-electron chi connectivity index (χ2n) is 21.3. The predicted molar refractivity (Wildman–Crippen MR) is 321 cm³/mol. The number of piperazine rings is 2. The van der Waals surface area contributed by atoms with Crippen LogP contribution in [0, 0.1) is 0 Å². The van der Waals surface area contributed by atoms with Crippen LogP contribution in [0.3, 0.4) is 0 Å². The number of anilines is 2. The van der Waals surface area contributed by atoms with Crippen LogP contribution in [0.5, 0.6) is 0 Å². The number of hydrogen-bond acceptors (Lipinski definition) is 12. The smallest absolute Gasteiger partial charge is 0.348 e. The molecule has 4 aliphatic heterocycles. The number of rotatable bonds is 9. The third-order valence-electron chi connectivity index (χ3n) is 17.1. The Hall–Kier alpha value is -5.10. The number of benzene rings is 2. The van der Waals surface area contributed by atoms with Gasteiger partial charge in [0, 0.05) is 101 Å². The summed E-state index contributed by atoms with van der Waals surface area (Å²) in [5.41, 5.74) is 12.7. The quantitative estimate of drug-likeness (QED) is 0.111. The van der Waals surface area contributed by atoms with Crippen LogP contribution in [0.4, 0.5) is 11.4 Å². The summed E-state index contributed by atoms with van der Waals surface area (Å²) in [6.07, 6.45) is 12.6. The molecule has 2 aliphatic carbocycles. The van der Waals surface area contributed by atoms with E-state index < -0.39 is 0 Å². The molecule has 78 heavy (non-hydrogen) atoms. The molecular weight excluding hydrogens is 1060 g/mol. The Morgan fingerprint density at radius 1 is 0.590 bits per heavy atom. The number of alkyl halides is 1. The summed E-state index contributed by atoms with van der Waals surface area (Å²) in [6, 6.07) is 21.3. The molecule has 2 saturated carbocycles. The van der Waals surface area contributed by atoms with Crippen molar-refractivity contribution in [3.63, 3.8) is 0 Å². The van der Waals surface area contributed by atoms with Gasteiger partial charge in [-0.3, -0.25) is 9.59 Å². The predicted octanol–water partition coefficient (Wildman–Crippen LogP) is 11.6. The lowest BCUT2D eigenvalue weighted by atomic mass is 9.83. The fourth-order valence-electron chi connectivity index (χ4n) is 12.9. The van der Waals surface area contributed by atoms with Gasteiger partial charge in [-0.05, 0) is 86.0 Å². The SMILES string of the molecule is CCN1CCN(C(=O)CCl)CC1.CCN1CCN(C(=O)CN2CCn3c(c(C4CCCCC4)c4sc(C(=O)OC)cc43)-c3ccccc32)CC1.COC(=O)c1cc2c(s1)c(C1CCCCC1)c1n2CCNc2ccccc2-1.Cl. The first-order chi connectivity index (χ1) is 37.6. The number of nitrogens with one attached hydrogen (secondary N) is 1. The molecule has 4 aromatic heterocycles. The highest BCUT2D eigenvalue weighted by Gasteiger charge is 2.35. The fourth-order valence-corrected chi connectivity index (χ4v) is 15.4. The topological polar surface area (TPSA) is 125 Å². The minimum atomic E-state index is -0.264. The Bertz CT molecular complexity index is 3050. The number of likely N-dealkylation sites (N-methyl/N-ethyl adjacent to an activating group) is 2. The van der Waals surface area contributed by atoms with E-state index >= 15 is 0 Å². The van der Waals surface area contributed by atoms with Gasteiger partial charge in [0.2, 0.25) is 11.8 Å². The number of halogens is 2. The molecule has 0 unspecified atom stereocenters. The number of carbonyl (C=O) groups is 4. The van der Waals surface area contributed by atoms with Gasteiger partial charge in [-0.15, -0.1) is 46.7 Å². The molecule has 0 atom stereocenters. The third-order valence-corrected chi connectivity index (χ3v) is 19.6. The van der Waals surface area contributed by atoms with E-state index in [0.717, 1.165) is 103 Å². The van der Waals surface area contributed by atoms with Crippen LogP contribution in [0.1, 0.15) is 120 Å². The number of nitrogens with zero attached hydrogens (tertiary/aromatic N) is 7. The summed E-state index contributed by atoms with van der Waals surface area (Å²) in [5, 5.41) is 3.58. The molecule has 2 amide bonds. The van der Waals surface area contributed by atoms with Gasteiger partial charge >= 0.3 is 11.9 Å². The average molecular weight is 1140 g/mol. The summed E-state index contributed by atoms with van der Waals surface area (Å²) in [6.45, 7) is 17.3. The van der Waals surface area contributed by atoms with E-state index in [0.29, 0.717) is 28.1 Å². The van der Waals surface area contributed by atoms with Crippen LogP contribution in [0.25, 0.3) is 42.9 Å². The zero-order valence-electron chi connectivity index (χ0n) is 46.0. The lowest BCUT2D eigenvalue weighted by molar-refractivity contribution is -0.131. The summed E-state index contributed by atoms with van der Waals surface area (Å²) in [4.78, 5) is 61.5. The molecule has 2 saturated heterocycles. The van der Waals surface area contributed by atoms with Crippen LogP contribution < -0.4 is 10.2 Å². The van der Waals surface area contributed by atoms with Gasteiger partial charge < -0.3 is 48.4 Å². The largest absolute Gasteiger partial charge is 0.465 e. The second kappa shape index (κ2) is 26.4. The van der Waals surface area contributed by atoms with E-state index in [1.807, 2.05) is 21.9 Å². The van der Waals surface area contributed by atoms with Gasteiger partial charge in [0.05, 0.1) is 52.6 Å². The standard InChI is InChI=1S/C30H38N4O3S.C22H24N2O2S.C8H15ClN2O.ClH/c1-3-31-13-15-32(16-14-31)26(35)20-33-17-18-34-24-19-25(30(36)37-2)38-29(24)27(21-9-5-4-6-10-21)28(34)22-11-7-8-12-23(22)33;1-26-22(25)18-13-17-21(27-18)19(14-7-3-2-4-8-14)20-15-9-5-6-10-16(15)23-11-12-24(17)20;1-2-10-3-5-11(6-4-10)8(12)7-9;/h7-8,11-12,19,21H,3-6,9-10,13-18,20H2,1-2H3;5-6,9-10,13-14,23H,2-4,7-8,11-12H2,1H3;2-7H2,1H3;1H. The first-order valence-corrected chi connectivity index (χ1v) is 30.5. The summed E-state index contributed by atoms with van der Waals surface area (Å²) in [5.74, 6) is 0.963. The molecular formula is C60H78Cl2N8O6S2. The van der Waals surface area contributed by atoms with Crippen molar-refractivity contribution in [2.75, 3.05) is 115 Å². The Balaban J connectivity index is 0.000000160. The maximum atomic E-state index is 13.4. The molecule has 0 spiro atoms. The van der Waals surface area contributed by atoms with E-state index in [4.69, 9.17) is 21.1 Å². The molecule has 12 rings (SSSR count). The molecule has 4 fully saturated rings. The molecule has 2 aromatic carbocycles. The van der Waals surface area contributed by atoms with E-state index in [-0.39, 0.29) is 42.0 Å². The van der Waals surface area contributed by atoms with Crippen molar-refractivity contribution < 1.29 is 28.7 Å². The summed E-state index contributed by atoms with van der Waals surface area (Å²) < 4.78 is 17.5. The van der Waals surface area contributed by atoms with Crippen LogP contribution >= 0.6 is 46.7 Å². The minimum absolute atomic E-state index is 0. The van der Waals surface area contributed by atoms with Gasteiger partial charge in [0.25, 0.3) is 0 Å². The molecule has 420 valence electrons. The average Bonchev–Trinajstić information content (AvgIpc) is 4.42. The molecule has 6 aliphatic rings. The van der Waals surface area contributed by atoms with Crippen LogP contribution in [-0.4, -0.2) is 158 Å². The number of carbonyl (C=O) groups excluding carboxylic acids is 4. The number of aromatic nitrogens is 2. The number of hydrogen-bond donors (Lipinski definition) is 1. The van der Waals surface area contributed by atoms with Crippen molar-refractivity contribution >= 4 is 102 Å². The minimum Gasteiger partial charge on any atom is -0.465 e. The number of esters is 2. The second-order valence-corrected chi connectivity index (χ2v) is 23.7. The van der Waals surface area contributed by atoms with Crippen molar-refractivity contribution in [3.05, 3.63) is 81.5 Å². The maximum absolute atomic E-state index is 13.4. The number of fused-ring (bicyclic) bond motifs is 10. The Labute approximate surface area is 479 Å². The zero-order chi connectivity index (χ0) is 53.6.